The maximum atomic E-state index is 5.64. The lowest BCUT2D eigenvalue weighted by molar-refractivity contribution is 0.415. The molecular weight excluding hydrogens is 284 g/mol. The molecular formula is C16H18N2O2S. The smallest absolute Gasteiger partial charge is 0.178 e. The third kappa shape index (κ3) is 2.27. The fraction of sp³-hybridized carbons (Fsp3) is 0.312. The van der Waals surface area contributed by atoms with Crippen LogP contribution in [0.3, 0.4) is 0 Å². The molecule has 0 spiro atoms. The lowest BCUT2D eigenvalue weighted by Gasteiger charge is -2.14. The molecule has 1 aromatic carbocycles. The highest BCUT2D eigenvalue weighted by Crippen LogP contribution is 2.29. The number of fused-ring (bicyclic) bond motifs is 1. The first-order valence-corrected chi connectivity index (χ1v) is 7.27. The van der Waals surface area contributed by atoms with Gasteiger partial charge in [-0.15, -0.1) is 0 Å². The average Bonchev–Trinajstić information content (AvgIpc) is 2.95. The van der Waals surface area contributed by atoms with Crippen molar-refractivity contribution in [3.05, 3.63) is 46.1 Å². The van der Waals surface area contributed by atoms with E-state index in [0.717, 1.165) is 33.9 Å². The molecule has 1 atom stereocenters. The van der Waals surface area contributed by atoms with Crippen LogP contribution in [-0.4, -0.2) is 16.7 Å². The van der Waals surface area contributed by atoms with Crippen molar-refractivity contribution in [1.82, 2.24) is 9.55 Å². The molecule has 4 nitrogen and oxygen atoms in total. The van der Waals surface area contributed by atoms with Gasteiger partial charge in [0, 0.05) is 11.6 Å². The zero-order valence-electron chi connectivity index (χ0n) is 12.6. The van der Waals surface area contributed by atoms with E-state index in [1.54, 1.807) is 7.11 Å². The monoisotopic (exact) mass is 302 g/mol. The number of aromatic amines is 1. The van der Waals surface area contributed by atoms with Gasteiger partial charge in [0.25, 0.3) is 0 Å². The molecule has 0 saturated carbocycles. The van der Waals surface area contributed by atoms with Crippen molar-refractivity contribution in [3.63, 3.8) is 0 Å². The van der Waals surface area contributed by atoms with E-state index in [2.05, 4.69) is 22.5 Å². The van der Waals surface area contributed by atoms with E-state index in [1.165, 1.54) is 0 Å². The summed E-state index contributed by atoms with van der Waals surface area (Å²) >= 11 is 5.49. The number of H-pyrrole nitrogens is 1. The minimum absolute atomic E-state index is 0.108. The summed E-state index contributed by atoms with van der Waals surface area (Å²) in [5, 5.41) is 0. The number of imidazole rings is 1. The van der Waals surface area contributed by atoms with Crippen molar-refractivity contribution < 1.29 is 9.15 Å². The van der Waals surface area contributed by atoms with E-state index < -0.39 is 0 Å². The number of hydrogen-bond donors (Lipinski definition) is 1. The third-order valence-corrected chi connectivity index (χ3v) is 4.14. The highest BCUT2D eigenvalue weighted by Gasteiger charge is 2.18. The van der Waals surface area contributed by atoms with Crippen LogP contribution >= 0.6 is 12.2 Å². The Morgan fingerprint density at radius 2 is 2.05 bits per heavy atom. The fourth-order valence-electron chi connectivity index (χ4n) is 2.83. The molecule has 110 valence electrons. The largest absolute Gasteiger partial charge is 0.497 e. The average molecular weight is 302 g/mol. The lowest BCUT2D eigenvalue weighted by Crippen LogP contribution is -2.07. The number of nitrogens with one attached hydrogen (secondary N) is 1. The third-order valence-electron chi connectivity index (χ3n) is 3.84. The van der Waals surface area contributed by atoms with Gasteiger partial charge < -0.3 is 18.7 Å². The zero-order valence-corrected chi connectivity index (χ0v) is 13.4. The number of aromatic nitrogens is 2. The maximum absolute atomic E-state index is 5.64. The van der Waals surface area contributed by atoms with E-state index in [4.69, 9.17) is 21.4 Å². The van der Waals surface area contributed by atoms with Gasteiger partial charge in [-0.3, -0.25) is 0 Å². The van der Waals surface area contributed by atoms with Gasteiger partial charge in [-0.1, -0.05) is 0 Å². The van der Waals surface area contributed by atoms with Crippen LogP contribution in [0.2, 0.25) is 0 Å². The van der Waals surface area contributed by atoms with Gasteiger partial charge in [-0.05, 0) is 51.2 Å². The van der Waals surface area contributed by atoms with Crippen LogP contribution in [0.15, 0.2) is 28.7 Å². The van der Waals surface area contributed by atoms with Gasteiger partial charge in [-0.2, -0.15) is 0 Å². The Hall–Kier alpha value is -2.01. The summed E-state index contributed by atoms with van der Waals surface area (Å²) in [7, 11) is 1.66. The fourth-order valence-corrected chi connectivity index (χ4v) is 3.19. The number of benzene rings is 1. The number of nitrogens with zero attached hydrogens (tertiary/aromatic N) is 1. The van der Waals surface area contributed by atoms with Crippen LogP contribution in [0.25, 0.3) is 11.0 Å². The number of furan rings is 1. The molecule has 0 fully saturated rings. The lowest BCUT2D eigenvalue weighted by atomic mass is 10.1. The highest BCUT2D eigenvalue weighted by atomic mass is 32.1. The summed E-state index contributed by atoms with van der Waals surface area (Å²) < 4.78 is 13.7. The standard InChI is InChI=1S/C16H18N2O2S/c1-9-7-13(11(3)20-9)10(2)18-15-6-5-12(19-4)8-14(15)17-16(18)21/h5-8,10H,1-4H3,(H,17,21). The van der Waals surface area contributed by atoms with E-state index in [1.807, 2.05) is 32.0 Å². The molecule has 0 saturated heterocycles. The minimum atomic E-state index is 0.108. The van der Waals surface area contributed by atoms with Gasteiger partial charge in [-0.25, -0.2) is 0 Å². The summed E-state index contributed by atoms with van der Waals surface area (Å²) in [6.07, 6.45) is 0. The predicted octanol–water partition coefficient (Wildman–Crippen LogP) is 4.53. The van der Waals surface area contributed by atoms with E-state index in [0.29, 0.717) is 4.77 Å². The minimum Gasteiger partial charge on any atom is -0.497 e. The molecule has 5 heteroatoms. The van der Waals surface area contributed by atoms with Gasteiger partial charge in [0.1, 0.15) is 17.3 Å². The first-order valence-electron chi connectivity index (χ1n) is 6.86. The number of methoxy groups -OCH3 is 1. The normalized spacial score (nSPS) is 12.8. The Morgan fingerprint density at radius 3 is 2.67 bits per heavy atom. The summed E-state index contributed by atoms with van der Waals surface area (Å²) in [6.45, 7) is 6.08. The molecule has 3 rings (SSSR count). The molecule has 2 heterocycles. The van der Waals surface area contributed by atoms with E-state index in [9.17, 15) is 0 Å². The Morgan fingerprint density at radius 1 is 1.29 bits per heavy atom. The SMILES string of the molecule is COc1ccc2c(c1)[nH]c(=S)n2C(C)c1cc(C)oc1C. The van der Waals surface area contributed by atoms with E-state index in [-0.39, 0.29) is 6.04 Å². The van der Waals surface area contributed by atoms with Crippen molar-refractivity contribution >= 4 is 23.3 Å². The Balaban J connectivity index is 2.18. The summed E-state index contributed by atoms with van der Waals surface area (Å²) in [5.41, 5.74) is 3.19. The number of rotatable bonds is 3. The summed E-state index contributed by atoms with van der Waals surface area (Å²) in [6, 6.07) is 8.12. The second kappa shape index (κ2) is 5.07. The first-order chi connectivity index (χ1) is 10.0. The number of ether oxygens (including phenoxy) is 1. The second-order valence-electron chi connectivity index (χ2n) is 5.23. The van der Waals surface area contributed by atoms with Gasteiger partial charge in [0.05, 0.1) is 24.2 Å². The first kappa shape index (κ1) is 13.9. The number of aryl methyl sites for hydroxylation is 2. The van der Waals surface area contributed by atoms with Crippen molar-refractivity contribution in [2.45, 2.75) is 26.8 Å². The Labute approximate surface area is 128 Å². The molecule has 1 N–H and O–H groups in total. The number of hydrogen-bond acceptors (Lipinski definition) is 3. The second-order valence-corrected chi connectivity index (χ2v) is 5.61. The molecule has 0 bridgehead atoms. The summed E-state index contributed by atoms with van der Waals surface area (Å²) in [5.74, 6) is 2.67. The molecule has 0 aliphatic rings. The molecule has 0 amide bonds. The quantitative estimate of drug-likeness (QED) is 0.723. The van der Waals surface area contributed by atoms with Crippen molar-refractivity contribution in [3.8, 4) is 5.75 Å². The molecule has 1 unspecified atom stereocenters. The predicted molar refractivity (Wildman–Crippen MR) is 85.7 cm³/mol. The molecule has 0 aliphatic carbocycles. The van der Waals surface area contributed by atoms with Crippen LogP contribution in [0.4, 0.5) is 0 Å². The Kier molecular flexibility index (Phi) is 3.37. The van der Waals surface area contributed by atoms with Crippen LogP contribution in [-0.2, 0) is 0 Å². The van der Waals surface area contributed by atoms with Crippen molar-refractivity contribution in [1.29, 1.82) is 0 Å². The van der Waals surface area contributed by atoms with Crippen LogP contribution in [0.1, 0.15) is 30.0 Å². The summed E-state index contributed by atoms with van der Waals surface area (Å²) in [4.78, 5) is 3.25. The Bertz CT molecular complexity index is 857. The van der Waals surface area contributed by atoms with Crippen molar-refractivity contribution in [2.75, 3.05) is 7.11 Å². The highest BCUT2D eigenvalue weighted by molar-refractivity contribution is 7.71. The topological polar surface area (TPSA) is 43.1 Å². The van der Waals surface area contributed by atoms with E-state index >= 15 is 0 Å². The molecule has 0 radical (unpaired) electrons. The molecule has 21 heavy (non-hydrogen) atoms. The van der Waals surface area contributed by atoms with Crippen LogP contribution in [0, 0.1) is 18.6 Å². The maximum Gasteiger partial charge on any atom is 0.178 e. The molecule has 0 aliphatic heterocycles. The molecule has 3 aromatic rings. The van der Waals surface area contributed by atoms with Crippen LogP contribution in [0.5, 0.6) is 5.75 Å². The van der Waals surface area contributed by atoms with Gasteiger partial charge in [0.15, 0.2) is 4.77 Å². The van der Waals surface area contributed by atoms with Crippen LogP contribution < -0.4 is 4.74 Å². The van der Waals surface area contributed by atoms with Crippen molar-refractivity contribution in [2.24, 2.45) is 0 Å². The van der Waals surface area contributed by atoms with Gasteiger partial charge >= 0.3 is 0 Å². The molecule has 2 aromatic heterocycles. The van der Waals surface area contributed by atoms with Gasteiger partial charge in [0.2, 0.25) is 0 Å². The zero-order chi connectivity index (χ0) is 15.1.